The molecule has 0 aromatic heterocycles. The minimum Gasteiger partial charge on any atom is -0.381 e. The molecule has 21 heavy (non-hydrogen) atoms. The SMILES string of the molecule is CCCN1CCCC(C(C)Nc2cccc(C)c2C#N)C1. The number of benzene rings is 1. The molecule has 1 N–H and O–H groups in total. The molecule has 114 valence electrons. The molecular weight excluding hydrogens is 258 g/mol. The predicted octanol–water partition coefficient (Wildman–Crippen LogP) is 3.79. The summed E-state index contributed by atoms with van der Waals surface area (Å²) >= 11 is 0. The largest absolute Gasteiger partial charge is 0.381 e. The first-order valence-corrected chi connectivity index (χ1v) is 8.14. The molecule has 2 unspecified atom stereocenters. The lowest BCUT2D eigenvalue weighted by Gasteiger charge is -2.36. The first-order valence-electron chi connectivity index (χ1n) is 8.14. The Hall–Kier alpha value is -1.53. The molecule has 0 aliphatic carbocycles. The molecule has 2 atom stereocenters. The van der Waals surface area contributed by atoms with Gasteiger partial charge in [0.05, 0.1) is 11.3 Å². The van der Waals surface area contributed by atoms with Gasteiger partial charge in [0.25, 0.3) is 0 Å². The molecule has 1 aliphatic rings. The fourth-order valence-corrected chi connectivity index (χ4v) is 3.32. The molecule has 0 bridgehead atoms. The summed E-state index contributed by atoms with van der Waals surface area (Å²) in [5.74, 6) is 0.664. The molecule has 1 saturated heterocycles. The Balaban J connectivity index is 2.03. The van der Waals surface area contributed by atoms with Gasteiger partial charge < -0.3 is 10.2 Å². The summed E-state index contributed by atoms with van der Waals surface area (Å²) in [6.07, 6.45) is 3.79. The number of nitrogens with one attached hydrogen (secondary N) is 1. The van der Waals surface area contributed by atoms with Gasteiger partial charge in [0.2, 0.25) is 0 Å². The van der Waals surface area contributed by atoms with E-state index in [1.54, 1.807) is 0 Å². The lowest BCUT2D eigenvalue weighted by molar-refractivity contribution is 0.165. The van der Waals surface area contributed by atoms with Crippen molar-refractivity contribution in [3.05, 3.63) is 29.3 Å². The Morgan fingerprint density at radius 2 is 2.29 bits per heavy atom. The van der Waals surface area contributed by atoms with E-state index in [0.717, 1.165) is 16.8 Å². The van der Waals surface area contributed by atoms with Crippen LogP contribution in [-0.2, 0) is 0 Å². The summed E-state index contributed by atoms with van der Waals surface area (Å²) in [6.45, 7) is 10.1. The first-order chi connectivity index (χ1) is 10.2. The Labute approximate surface area is 129 Å². The zero-order valence-corrected chi connectivity index (χ0v) is 13.5. The van der Waals surface area contributed by atoms with E-state index in [1.165, 1.54) is 38.9 Å². The maximum Gasteiger partial charge on any atom is 0.102 e. The lowest BCUT2D eigenvalue weighted by atomic mass is 9.91. The van der Waals surface area contributed by atoms with Crippen LogP contribution in [0.5, 0.6) is 0 Å². The molecule has 1 fully saturated rings. The van der Waals surface area contributed by atoms with Crippen molar-refractivity contribution in [2.75, 3.05) is 25.0 Å². The van der Waals surface area contributed by atoms with Crippen molar-refractivity contribution in [3.8, 4) is 6.07 Å². The van der Waals surface area contributed by atoms with E-state index >= 15 is 0 Å². The molecule has 1 aliphatic heterocycles. The summed E-state index contributed by atoms with van der Waals surface area (Å²) < 4.78 is 0. The van der Waals surface area contributed by atoms with Crippen molar-refractivity contribution in [2.45, 2.75) is 46.1 Å². The van der Waals surface area contributed by atoms with Gasteiger partial charge in [0.1, 0.15) is 6.07 Å². The second-order valence-electron chi connectivity index (χ2n) is 6.25. The normalized spacial score (nSPS) is 20.8. The second kappa shape index (κ2) is 7.47. The molecule has 1 aromatic carbocycles. The highest BCUT2D eigenvalue weighted by molar-refractivity contribution is 5.61. The molecule has 0 radical (unpaired) electrons. The molecule has 0 saturated carbocycles. The number of nitriles is 1. The van der Waals surface area contributed by atoms with Gasteiger partial charge in [-0.2, -0.15) is 5.26 Å². The quantitative estimate of drug-likeness (QED) is 0.894. The van der Waals surface area contributed by atoms with Crippen molar-refractivity contribution >= 4 is 5.69 Å². The third kappa shape index (κ3) is 3.98. The zero-order chi connectivity index (χ0) is 15.2. The minimum absolute atomic E-state index is 0.401. The molecule has 1 heterocycles. The van der Waals surface area contributed by atoms with Crippen LogP contribution in [0.2, 0.25) is 0 Å². The molecule has 3 heteroatoms. The third-order valence-electron chi connectivity index (χ3n) is 4.56. The Morgan fingerprint density at radius 3 is 3.00 bits per heavy atom. The van der Waals surface area contributed by atoms with E-state index in [4.69, 9.17) is 0 Å². The summed E-state index contributed by atoms with van der Waals surface area (Å²) in [6, 6.07) is 8.77. The van der Waals surface area contributed by atoms with Crippen LogP contribution >= 0.6 is 0 Å². The van der Waals surface area contributed by atoms with E-state index in [2.05, 4.69) is 30.1 Å². The van der Waals surface area contributed by atoms with E-state index in [1.807, 2.05) is 25.1 Å². The van der Waals surface area contributed by atoms with Crippen LogP contribution in [-0.4, -0.2) is 30.6 Å². The maximum absolute atomic E-state index is 9.34. The molecule has 3 nitrogen and oxygen atoms in total. The minimum atomic E-state index is 0.401. The van der Waals surface area contributed by atoms with Crippen molar-refractivity contribution in [1.82, 2.24) is 4.90 Å². The van der Waals surface area contributed by atoms with Gasteiger partial charge >= 0.3 is 0 Å². The maximum atomic E-state index is 9.34. The molecule has 0 spiro atoms. The summed E-state index contributed by atoms with van der Waals surface area (Å²) in [4.78, 5) is 2.58. The molecule has 1 aromatic rings. The van der Waals surface area contributed by atoms with Crippen molar-refractivity contribution in [1.29, 1.82) is 5.26 Å². The van der Waals surface area contributed by atoms with Crippen LogP contribution in [0.1, 0.15) is 44.2 Å². The van der Waals surface area contributed by atoms with Crippen LogP contribution in [0.3, 0.4) is 0 Å². The summed E-state index contributed by atoms with van der Waals surface area (Å²) in [5, 5.41) is 12.9. The Morgan fingerprint density at radius 1 is 1.48 bits per heavy atom. The lowest BCUT2D eigenvalue weighted by Crippen LogP contribution is -2.42. The predicted molar refractivity (Wildman–Crippen MR) is 88.4 cm³/mol. The van der Waals surface area contributed by atoms with Crippen LogP contribution in [0.4, 0.5) is 5.69 Å². The third-order valence-corrected chi connectivity index (χ3v) is 4.56. The number of anilines is 1. The van der Waals surface area contributed by atoms with Gasteiger partial charge in [-0.25, -0.2) is 0 Å². The van der Waals surface area contributed by atoms with Crippen molar-refractivity contribution < 1.29 is 0 Å². The summed E-state index contributed by atoms with van der Waals surface area (Å²) in [5.41, 5.74) is 2.81. The van der Waals surface area contributed by atoms with E-state index in [9.17, 15) is 5.26 Å². The smallest absolute Gasteiger partial charge is 0.102 e. The van der Waals surface area contributed by atoms with Gasteiger partial charge in [0, 0.05) is 12.6 Å². The van der Waals surface area contributed by atoms with E-state index in [0.29, 0.717) is 12.0 Å². The van der Waals surface area contributed by atoms with E-state index in [-0.39, 0.29) is 0 Å². The highest BCUT2D eigenvalue weighted by Crippen LogP contribution is 2.25. The zero-order valence-electron chi connectivity index (χ0n) is 13.5. The van der Waals surface area contributed by atoms with Crippen LogP contribution in [0, 0.1) is 24.2 Å². The fraction of sp³-hybridized carbons (Fsp3) is 0.611. The number of rotatable bonds is 5. The number of likely N-dealkylation sites (tertiary alicyclic amines) is 1. The Bertz CT molecular complexity index is 502. The van der Waals surface area contributed by atoms with Gasteiger partial charge in [-0.3, -0.25) is 0 Å². The van der Waals surface area contributed by atoms with Crippen LogP contribution in [0.25, 0.3) is 0 Å². The van der Waals surface area contributed by atoms with Gasteiger partial charge in [0.15, 0.2) is 0 Å². The average Bonchev–Trinajstić information content (AvgIpc) is 2.48. The Kier molecular flexibility index (Phi) is 5.64. The number of hydrogen-bond acceptors (Lipinski definition) is 3. The fourth-order valence-electron chi connectivity index (χ4n) is 3.32. The van der Waals surface area contributed by atoms with Crippen LogP contribution in [0.15, 0.2) is 18.2 Å². The average molecular weight is 285 g/mol. The van der Waals surface area contributed by atoms with E-state index < -0.39 is 0 Å². The number of piperidine rings is 1. The second-order valence-corrected chi connectivity index (χ2v) is 6.25. The van der Waals surface area contributed by atoms with Gasteiger partial charge in [-0.05, 0) is 63.7 Å². The van der Waals surface area contributed by atoms with Gasteiger partial charge in [-0.15, -0.1) is 0 Å². The number of aryl methyl sites for hydroxylation is 1. The van der Waals surface area contributed by atoms with Crippen molar-refractivity contribution in [3.63, 3.8) is 0 Å². The highest BCUT2D eigenvalue weighted by Gasteiger charge is 2.24. The molecule has 2 rings (SSSR count). The standard InChI is InChI=1S/C18H27N3/c1-4-10-21-11-6-8-16(13-21)15(3)20-18-9-5-7-14(2)17(18)12-19/h5,7,9,15-16,20H,4,6,8,10-11,13H2,1-3H3. The molecule has 0 amide bonds. The van der Waals surface area contributed by atoms with Gasteiger partial charge in [-0.1, -0.05) is 19.1 Å². The highest BCUT2D eigenvalue weighted by atomic mass is 15.1. The molecular formula is C18H27N3. The first kappa shape index (κ1) is 15.9. The number of nitrogens with zero attached hydrogens (tertiary/aromatic N) is 2. The number of hydrogen-bond donors (Lipinski definition) is 1. The van der Waals surface area contributed by atoms with Crippen LogP contribution < -0.4 is 5.32 Å². The monoisotopic (exact) mass is 285 g/mol. The van der Waals surface area contributed by atoms with Crippen molar-refractivity contribution in [2.24, 2.45) is 5.92 Å². The summed E-state index contributed by atoms with van der Waals surface area (Å²) in [7, 11) is 0. The topological polar surface area (TPSA) is 39.1 Å².